The van der Waals surface area contributed by atoms with Gasteiger partial charge >= 0.3 is 0 Å². The van der Waals surface area contributed by atoms with Gasteiger partial charge in [-0.25, -0.2) is 10.8 Å². The zero-order valence-corrected chi connectivity index (χ0v) is 11.1. The van der Waals surface area contributed by atoms with Gasteiger partial charge in [-0.2, -0.15) is 4.98 Å². The van der Waals surface area contributed by atoms with Crippen LogP contribution in [0.4, 0.5) is 5.82 Å². The molecule has 0 fully saturated rings. The Hall–Kier alpha value is -2.21. The van der Waals surface area contributed by atoms with E-state index in [0.717, 1.165) is 18.4 Å². The molecule has 0 atom stereocenters. The van der Waals surface area contributed by atoms with E-state index < -0.39 is 0 Å². The van der Waals surface area contributed by atoms with E-state index in [4.69, 9.17) is 10.6 Å². The summed E-state index contributed by atoms with van der Waals surface area (Å²) in [5.41, 5.74) is 3.34. The summed E-state index contributed by atoms with van der Waals surface area (Å²) in [6.45, 7) is 3.93. The molecule has 0 aliphatic rings. The molecule has 19 heavy (non-hydrogen) atoms. The van der Waals surface area contributed by atoms with Crippen LogP contribution in [0.1, 0.15) is 24.7 Å². The summed E-state index contributed by atoms with van der Waals surface area (Å²) in [5, 5.41) is 0. The van der Waals surface area contributed by atoms with Gasteiger partial charge in [0, 0.05) is 12.6 Å². The Morgan fingerprint density at radius 1 is 1.37 bits per heavy atom. The van der Waals surface area contributed by atoms with E-state index in [0.29, 0.717) is 23.3 Å². The van der Waals surface area contributed by atoms with Crippen LogP contribution in [-0.4, -0.2) is 15.0 Å². The van der Waals surface area contributed by atoms with Crippen molar-refractivity contribution in [3.05, 3.63) is 35.9 Å². The molecule has 2 aromatic heterocycles. The molecule has 0 aliphatic carbocycles. The second-order valence-corrected chi connectivity index (χ2v) is 4.10. The molecule has 0 amide bonds. The number of nitrogens with two attached hydrogens (primary N) is 1. The largest absolute Gasteiger partial charge is 0.437 e. The van der Waals surface area contributed by atoms with Crippen molar-refractivity contribution in [2.45, 2.75) is 26.7 Å². The average Bonchev–Trinajstić information content (AvgIpc) is 2.43. The number of hydrazine groups is 1. The smallest absolute Gasteiger partial charge is 0.227 e. The van der Waals surface area contributed by atoms with E-state index in [-0.39, 0.29) is 0 Å². The third-order valence-electron chi connectivity index (χ3n) is 2.61. The number of pyridine rings is 1. The molecular weight excluding hydrogens is 242 g/mol. The molecule has 2 heterocycles. The van der Waals surface area contributed by atoms with Crippen LogP contribution in [0.25, 0.3) is 0 Å². The number of aryl methyl sites for hydroxylation is 1. The van der Waals surface area contributed by atoms with Crippen LogP contribution >= 0.6 is 0 Å². The van der Waals surface area contributed by atoms with E-state index in [1.165, 1.54) is 0 Å². The van der Waals surface area contributed by atoms with Crippen molar-refractivity contribution in [2.24, 2.45) is 5.84 Å². The first-order valence-corrected chi connectivity index (χ1v) is 6.16. The lowest BCUT2D eigenvalue weighted by Gasteiger charge is -2.12. The molecule has 6 nitrogen and oxygen atoms in total. The van der Waals surface area contributed by atoms with E-state index >= 15 is 0 Å². The molecule has 0 aromatic carbocycles. The Balaban J connectivity index is 2.35. The van der Waals surface area contributed by atoms with Gasteiger partial charge in [-0.05, 0) is 25.5 Å². The molecule has 0 aliphatic heterocycles. The second-order valence-electron chi connectivity index (χ2n) is 4.10. The maximum Gasteiger partial charge on any atom is 0.227 e. The predicted octanol–water partition coefficient (Wildman–Crippen LogP) is 2.21. The maximum atomic E-state index is 5.73. The van der Waals surface area contributed by atoms with Gasteiger partial charge in [0.05, 0.1) is 11.8 Å². The lowest BCUT2D eigenvalue weighted by Crippen LogP contribution is -2.13. The fraction of sp³-hybridized carbons (Fsp3) is 0.308. The summed E-state index contributed by atoms with van der Waals surface area (Å²) in [7, 11) is 0. The number of nitrogens with zero attached hydrogens (tertiary/aromatic N) is 3. The van der Waals surface area contributed by atoms with Gasteiger partial charge in [-0.15, -0.1) is 0 Å². The summed E-state index contributed by atoms with van der Waals surface area (Å²) in [5.74, 6) is 7.89. The summed E-state index contributed by atoms with van der Waals surface area (Å²) >= 11 is 0. The van der Waals surface area contributed by atoms with Crippen molar-refractivity contribution in [3.8, 4) is 11.6 Å². The summed E-state index contributed by atoms with van der Waals surface area (Å²) in [4.78, 5) is 12.8. The van der Waals surface area contributed by atoms with Crippen LogP contribution in [0.15, 0.2) is 24.5 Å². The van der Waals surface area contributed by atoms with Gasteiger partial charge in [0.1, 0.15) is 17.4 Å². The van der Waals surface area contributed by atoms with Gasteiger partial charge in [-0.1, -0.05) is 6.92 Å². The van der Waals surface area contributed by atoms with Crippen LogP contribution in [0.5, 0.6) is 11.6 Å². The van der Waals surface area contributed by atoms with Gasteiger partial charge in [0.2, 0.25) is 5.88 Å². The number of rotatable bonds is 5. The van der Waals surface area contributed by atoms with Gasteiger partial charge in [0.15, 0.2) is 0 Å². The highest BCUT2D eigenvalue weighted by Crippen LogP contribution is 2.26. The summed E-state index contributed by atoms with van der Waals surface area (Å²) in [6.07, 6.45) is 5.06. The minimum absolute atomic E-state index is 0.499. The van der Waals surface area contributed by atoms with Crippen molar-refractivity contribution in [3.63, 3.8) is 0 Å². The van der Waals surface area contributed by atoms with E-state index in [1.54, 1.807) is 18.5 Å². The first-order valence-electron chi connectivity index (χ1n) is 6.16. The molecule has 3 N–H and O–H groups in total. The average molecular weight is 259 g/mol. The van der Waals surface area contributed by atoms with E-state index in [2.05, 4.69) is 27.3 Å². The number of anilines is 1. The maximum absolute atomic E-state index is 5.73. The number of hydrogen-bond acceptors (Lipinski definition) is 6. The Morgan fingerprint density at radius 3 is 2.84 bits per heavy atom. The highest BCUT2D eigenvalue weighted by molar-refractivity contribution is 5.48. The highest BCUT2D eigenvalue weighted by atomic mass is 16.5. The minimum Gasteiger partial charge on any atom is -0.437 e. The van der Waals surface area contributed by atoms with Crippen molar-refractivity contribution in [1.82, 2.24) is 15.0 Å². The summed E-state index contributed by atoms with van der Waals surface area (Å²) < 4.78 is 5.73. The lowest BCUT2D eigenvalue weighted by molar-refractivity contribution is 0.452. The van der Waals surface area contributed by atoms with Crippen LogP contribution in [-0.2, 0) is 6.42 Å². The molecule has 0 saturated heterocycles. The highest BCUT2D eigenvalue weighted by Gasteiger charge is 2.12. The summed E-state index contributed by atoms with van der Waals surface area (Å²) in [6, 6.07) is 3.63. The monoisotopic (exact) mass is 259 g/mol. The fourth-order valence-corrected chi connectivity index (χ4v) is 1.63. The number of hydrogen-bond donors (Lipinski definition) is 2. The molecule has 100 valence electrons. The molecule has 0 saturated carbocycles. The quantitative estimate of drug-likeness (QED) is 0.632. The van der Waals surface area contributed by atoms with Gasteiger partial charge < -0.3 is 10.2 Å². The first kappa shape index (κ1) is 13.2. The molecule has 0 radical (unpaired) electrons. The Labute approximate surface area is 112 Å². The van der Waals surface area contributed by atoms with E-state index in [1.807, 2.05) is 13.0 Å². The predicted molar refractivity (Wildman–Crippen MR) is 72.9 cm³/mol. The Bertz CT molecular complexity index is 544. The van der Waals surface area contributed by atoms with Crippen molar-refractivity contribution < 1.29 is 4.74 Å². The number of aromatic nitrogens is 3. The van der Waals surface area contributed by atoms with Gasteiger partial charge in [-0.3, -0.25) is 4.98 Å². The minimum atomic E-state index is 0.499. The zero-order chi connectivity index (χ0) is 13.7. The fourth-order valence-electron chi connectivity index (χ4n) is 1.63. The number of ether oxygens (including phenoxy) is 1. The van der Waals surface area contributed by atoms with Crippen LogP contribution in [0.2, 0.25) is 0 Å². The van der Waals surface area contributed by atoms with Crippen molar-refractivity contribution in [2.75, 3.05) is 5.43 Å². The molecule has 6 heteroatoms. The Kier molecular flexibility index (Phi) is 4.25. The lowest BCUT2D eigenvalue weighted by atomic mass is 10.3. The second kappa shape index (κ2) is 6.10. The Morgan fingerprint density at radius 2 is 2.21 bits per heavy atom. The number of nitrogens with one attached hydrogen (secondary N) is 1. The first-order chi connectivity index (χ1) is 9.24. The molecule has 0 bridgehead atoms. The molecule has 0 unspecified atom stereocenters. The number of nitrogen functional groups attached to an aromatic ring is 1. The van der Waals surface area contributed by atoms with Gasteiger partial charge in [0.25, 0.3) is 0 Å². The van der Waals surface area contributed by atoms with Crippen molar-refractivity contribution >= 4 is 5.82 Å². The third kappa shape index (κ3) is 3.17. The van der Waals surface area contributed by atoms with Crippen molar-refractivity contribution in [1.29, 1.82) is 0 Å². The third-order valence-corrected chi connectivity index (χ3v) is 2.61. The standard InChI is InChI=1S/C13H17N5O/c1-3-5-11-16-12(18-14)9(2)13(17-11)19-10-6-4-7-15-8-10/h4,6-8H,3,5,14H2,1-2H3,(H,16,17,18). The topological polar surface area (TPSA) is 86.0 Å². The van der Waals surface area contributed by atoms with Crippen LogP contribution < -0.4 is 16.0 Å². The van der Waals surface area contributed by atoms with Crippen LogP contribution in [0, 0.1) is 6.92 Å². The SMILES string of the molecule is CCCc1nc(NN)c(C)c(Oc2cccnc2)n1. The van der Waals surface area contributed by atoms with Crippen LogP contribution in [0.3, 0.4) is 0 Å². The normalized spacial score (nSPS) is 10.3. The molecule has 2 rings (SSSR count). The molecular formula is C13H17N5O. The molecule has 0 spiro atoms. The zero-order valence-electron chi connectivity index (χ0n) is 11.1. The van der Waals surface area contributed by atoms with E-state index in [9.17, 15) is 0 Å². The molecule has 2 aromatic rings.